The number of fused-ring (bicyclic) bond motifs is 1. The molecule has 1 fully saturated rings. The summed E-state index contributed by atoms with van der Waals surface area (Å²) in [4.78, 5) is 8.17. The molecule has 198 valence electrons. The van der Waals surface area contributed by atoms with Gasteiger partial charge in [0.25, 0.3) is 0 Å². The number of aromatic nitrogens is 1. The molecule has 1 heterocycles. The van der Waals surface area contributed by atoms with Gasteiger partial charge in [-0.25, -0.2) is 4.99 Å². The van der Waals surface area contributed by atoms with Crippen molar-refractivity contribution in [1.82, 2.24) is 10.3 Å². The fourth-order valence-electron chi connectivity index (χ4n) is 5.21. The lowest BCUT2D eigenvalue weighted by molar-refractivity contribution is 0.288. The molecule has 4 aromatic rings. The molecule has 1 aliphatic carbocycles. The van der Waals surface area contributed by atoms with E-state index in [-0.39, 0.29) is 5.88 Å². The quantitative estimate of drug-likeness (QED) is 0.196. The number of ether oxygens (including phenoxy) is 2. The number of benzene rings is 3. The molecule has 0 atom stereocenters. The van der Waals surface area contributed by atoms with Crippen LogP contribution in [0.4, 0.5) is 5.69 Å². The summed E-state index contributed by atoms with van der Waals surface area (Å²) < 4.78 is 11.7. The zero-order chi connectivity index (χ0) is 26.3. The molecule has 0 amide bonds. The number of aromatic amines is 1. The number of rotatable bonds is 10. The minimum absolute atomic E-state index is 0.0620. The topological polar surface area (TPSA) is 78.9 Å². The van der Waals surface area contributed by atoms with E-state index in [9.17, 15) is 5.11 Å². The Kier molecular flexibility index (Phi) is 8.29. The van der Waals surface area contributed by atoms with E-state index in [0.29, 0.717) is 42.0 Å². The summed E-state index contributed by atoms with van der Waals surface area (Å²) >= 11 is 0. The van der Waals surface area contributed by atoms with E-state index in [1.54, 1.807) is 0 Å². The van der Waals surface area contributed by atoms with Crippen molar-refractivity contribution in [1.29, 1.82) is 0 Å². The van der Waals surface area contributed by atoms with Gasteiger partial charge in [-0.1, -0.05) is 61.7 Å². The van der Waals surface area contributed by atoms with Crippen LogP contribution in [0.15, 0.2) is 71.7 Å². The van der Waals surface area contributed by atoms with Gasteiger partial charge in [0.05, 0.1) is 35.7 Å². The maximum Gasteiger partial charge on any atom is 0.199 e. The van der Waals surface area contributed by atoms with Crippen molar-refractivity contribution in [2.24, 2.45) is 4.99 Å². The molecule has 3 N–H and O–H groups in total. The molecule has 0 radical (unpaired) electrons. The Morgan fingerprint density at radius 1 is 0.921 bits per heavy atom. The van der Waals surface area contributed by atoms with Crippen LogP contribution < -0.4 is 14.8 Å². The molecule has 0 unspecified atom stereocenters. The summed E-state index contributed by atoms with van der Waals surface area (Å²) in [5.41, 5.74) is 5.08. The van der Waals surface area contributed by atoms with Crippen LogP contribution in [-0.4, -0.2) is 35.1 Å². The summed E-state index contributed by atoms with van der Waals surface area (Å²) in [5, 5.41) is 15.6. The van der Waals surface area contributed by atoms with Crippen molar-refractivity contribution in [3.05, 3.63) is 83.4 Å². The fourth-order valence-corrected chi connectivity index (χ4v) is 5.21. The molecule has 0 bridgehead atoms. The molecule has 6 heteroatoms. The normalized spacial score (nSPS) is 14.6. The third-order valence-corrected chi connectivity index (χ3v) is 7.10. The summed E-state index contributed by atoms with van der Waals surface area (Å²) in [6, 6.07) is 22.8. The maximum absolute atomic E-state index is 11.1. The number of aromatic hydroxyl groups is 1. The third-order valence-electron chi connectivity index (χ3n) is 7.10. The lowest BCUT2D eigenvalue weighted by Crippen LogP contribution is -2.30. The standard InChI is InChI=1S/C32H37N3O3/c1-3-37-28-19-26-27(20-29(28)38-4-2)35-32(36)30(26)31(23-11-7-5-8-12-23)34-25-17-15-22(16-18-25)21-33-24-13-9-6-10-14-24/h5,7-8,11-12,15-20,24,33,35-36H,3-4,6,9-10,13-14,21H2,1-2H3. The van der Waals surface area contributed by atoms with Crippen LogP contribution in [-0.2, 0) is 6.54 Å². The summed E-state index contributed by atoms with van der Waals surface area (Å²) in [6.07, 6.45) is 6.56. The van der Waals surface area contributed by atoms with Gasteiger partial charge in [-0.2, -0.15) is 0 Å². The van der Waals surface area contributed by atoms with Gasteiger partial charge in [0.1, 0.15) is 0 Å². The second-order valence-electron chi connectivity index (χ2n) is 9.77. The molecular formula is C32H37N3O3. The van der Waals surface area contributed by atoms with Crippen LogP contribution >= 0.6 is 0 Å². The number of aliphatic imine (C=N–C) groups is 1. The first-order valence-electron chi connectivity index (χ1n) is 13.8. The highest BCUT2D eigenvalue weighted by Gasteiger charge is 2.21. The first-order chi connectivity index (χ1) is 18.7. The Hall–Kier alpha value is -3.77. The molecule has 38 heavy (non-hydrogen) atoms. The van der Waals surface area contributed by atoms with E-state index in [4.69, 9.17) is 14.5 Å². The monoisotopic (exact) mass is 511 g/mol. The van der Waals surface area contributed by atoms with E-state index in [1.165, 1.54) is 37.7 Å². The Morgan fingerprint density at radius 2 is 1.61 bits per heavy atom. The van der Waals surface area contributed by atoms with E-state index in [1.807, 2.05) is 68.4 Å². The van der Waals surface area contributed by atoms with Crippen LogP contribution in [0.5, 0.6) is 17.4 Å². The van der Waals surface area contributed by atoms with Crippen molar-refractivity contribution >= 4 is 22.3 Å². The second-order valence-corrected chi connectivity index (χ2v) is 9.77. The highest BCUT2D eigenvalue weighted by Crippen LogP contribution is 2.38. The van der Waals surface area contributed by atoms with Gasteiger partial charge in [0, 0.05) is 29.6 Å². The van der Waals surface area contributed by atoms with Crippen molar-refractivity contribution in [3.63, 3.8) is 0 Å². The largest absolute Gasteiger partial charge is 0.494 e. The molecule has 3 aromatic carbocycles. The van der Waals surface area contributed by atoms with Crippen molar-refractivity contribution < 1.29 is 14.6 Å². The molecule has 0 saturated heterocycles. The molecule has 1 aromatic heterocycles. The van der Waals surface area contributed by atoms with Gasteiger partial charge >= 0.3 is 0 Å². The number of nitrogens with one attached hydrogen (secondary N) is 2. The second kappa shape index (κ2) is 12.2. The lowest BCUT2D eigenvalue weighted by Gasteiger charge is -2.22. The first kappa shape index (κ1) is 25.9. The summed E-state index contributed by atoms with van der Waals surface area (Å²) in [5.74, 6) is 1.35. The van der Waals surface area contributed by atoms with Gasteiger partial charge in [0.2, 0.25) is 0 Å². The minimum atomic E-state index is 0.0620. The number of hydrogen-bond acceptors (Lipinski definition) is 5. The molecule has 0 aliphatic heterocycles. The first-order valence-corrected chi connectivity index (χ1v) is 13.8. The van der Waals surface area contributed by atoms with E-state index in [0.717, 1.165) is 28.7 Å². The minimum Gasteiger partial charge on any atom is -0.494 e. The van der Waals surface area contributed by atoms with Crippen molar-refractivity contribution in [3.8, 4) is 17.4 Å². The van der Waals surface area contributed by atoms with Crippen LogP contribution in [0.3, 0.4) is 0 Å². The molecule has 1 saturated carbocycles. The maximum atomic E-state index is 11.1. The summed E-state index contributed by atoms with van der Waals surface area (Å²) in [7, 11) is 0. The highest BCUT2D eigenvalue weighted by molar-refractivity contribution is 6.22. The zero-order valence-corrected chi connectivity index (χ0v) is 22.3. The average molecular weight is 512 g/mol. The van der Waals surface area contributed by atoms with Crippen LogP contribution in [0.2, 0.25) is 0 Å². The molecule has 6 nitrogen and oxygen atoms in total. The Bertz CT molecular complexity index is 1370. The predicted octanol–water partition coefficient (Wildman–Crippen LogP) is 7.26. The van der Waals surface area contributed by atoms with Gasteiger partial charge in [-0.15, -0.1) is 0 Å². The highest BCUT2D eigenvalue weighted by atomic mass is 16.5. The van der Waals surface area contributed by atoms with E-state index < -0.39 is 0 Å². The SMILES string of the molecule is CCOc1cc2[nH]c(O)c(C(=Nc3ccc(CNC4CCCCC4)cc3)c3ccccc3)c2cc1OCC. The third kappa shape index (κ3) is 5.86. The van der Waals surface area contributed by atoms with Gasteiger partial charge < -0.3 is 24.9 Å². The number of hydrogen-bond donors (Lipinski definition) is 3. The average Bonchev–Trinajstić information content (AvgIpc) is 3.27. The lowest BCUT2D eigenvalue weighted by atomic mass is 9.95. The summed E-state index contributed by atoms with van der Waals surface area (Å²) in [6.45, 7) is 5.79. The Labute approximate surface area is 224 Å². The van der Waals surface area contributed by atoms with Crippen LogP contribution in [0, 0.1) is 0 Å². The van der Waals surface area contributed by atoms with Gasteiger partial charge in [-0.05, 0) is 50.5 Å². The Balaban J connectivity index is 1.51. The van der Waals surface area contributed by atoms with Gasteiger partial charge in [0.15, 0.2) is 17.4 Å². The Morgan fingerprint density at radius 3 is 2.29 bits per heavy atom. The van der Waals surface area contributed by atoms with Gasteiger partial charge in [-0.3, -0.25) is 0 Å². The molecule has 0 spiro atoms. The van der Waals surface area contributed by atoms with Crippen molar-refractivity contribution in [2.45, 2.75) is 58.5 Å². The van der Waals surface area contributed by atoms with E-state index >= 15 is 0 Å². The van der Waals surface area contributed by atoms with Crippen molar-refractivity contribution in [2.75, 3.05) is 13.2 Å². The van der Waals surface area contributed by atoms with E-state index in [2.05, 4.69) is 22.4 Å². The molecular weight excluding hydrogens is 474 g/mol. The molecule has 1 aliphatic rings. The smallest absolute Gasteiger partial charge is 0.199 e. The number of nitrogens with zero attached hydrogens (tertiary/aromatic N) is 1. The fraction of sp³-hybridized carbons (Fsp3) is 0.344. The zero-order valence-electron chi connectivity index (χ0n) is 22.3. The van der Waals surface area contributed by atoms with Crippen LogP contribution in [0.25, 0.3) is 10.9 Å². The number of H-pyrrole nitrogens is 1. The van der Waals surface area contributed by atoms with Crippen LogP contribution in [0.1, 0.15) is 62.6 Å². The molecule has 5 rings (SSSR count). The predicted molar refractivity (Wildman–Crippen MR) is 154 cm³/mol.